The van der Waals surface area contributed by atoms with Crippen LogP contribution in [0, 0.1) is 6.92 Å². The molecule has 1 fully saturated rings. The van der Waals surface area contributed by atoms with Crippen LogP contribution in [0.4, 0.5) is 0 Å². The first kappa shape index (κ1) is 20.8. The molecule has 0 unspecified atom stereocenters. The summed E-state index contributed by atoms with van der Waals surface area (Å²) in [6.07, 6.45) is 0. The van der Waals surface area contributed by atoms with Gasteiger partial charge in [-0.25, -0.2) is 0 Å². The molecule has 3 aromatic rings. The summed E-state index contributed by atoms with van der Waals surface area (Å²) in [5, 5.41) is 13.3. The zero-order valence-corrected chi connectivity index (χ0v) is 18.3. The Kier molecular flexibility index (Phi) is 6.66. The average molecular weight is 443 g/mol. The van der Waals surface area contributed by atoms with E-state index in [0.717, 1.165) is 43.4 Å². The van der Waals surface area contributed by atoms with Crippen molar-refractivity contribution in [3.05, 3.63) is 64.7 Å². The Morgan fingerprint density at radius 2 is 1.87 bits per heavy atom. The molecule has 0 radical (unpaired) electrons. The summed E-state index contributed by atoms with van der Waals surface area (Å²) in [5.41, 5.74) is 3.25. The molecule has 1 aromatic heterocycles. The van der Waals surface area contributed by atoms with Gasteiger partial charge in [-0.05, 0) is 47.2 Å². The SMILES string of the molecule is Cc1ccc(-n2nnnc2SCC(=O)N2CCN(Cc3cccc(Cl)c3)CC2)cc1. The lowest BCUT2D eigenvalue weighted by atomic mass is 10.2. The molecule has 2 aromatic carbocycles. The van der Waals surface area contributed by atoms with E-state index in [2.05, 4.69) is 26.5 Å². The lowest BCUT2D eigenvalue weighted by Crippen LogP contribution is -2.48. The molecule has 0 N–H and O–H groups in total. The third kappa shape index (κ3) is 5.19. The van der Waals surface area contributed by atoms with Crippen molar-refractivity contribution in [1.82, 2.24) is 30.0 Å². The van der Waals surface area contributed by atoms with Crippen LogP contribution >= 0.6 is 23.4 Å². The number of tetrazole rings is 1. The highest BCUT2D eigenvalue weighted by Crippen LogP contribution is 2.20. The smallest absolute Gasteiger partial charge is 0.233 e. The molecule has 0 saturated carbocycles. The van der Waals surface area contributed by atoms with E-state index in [1.807, 2.05) is 54.3 Å². The van der Waals surface area contributed by atoms with E-state index in [0.29, 0.717) is 10.9 Å². The molecular formula is C21H23ClN6OS. The molecule has 0 aliphatic carbocycles. The first-order valence-corrected chi connectivity index (χ1v) is 11.2. The second-order valence-corrected chi connectivity index (χ2v) is 8.66. The predicted molar refractivity (Wildman–Crippen MR) is 118 cm³/mol. The maximum Gasteiger partial charge on any atom is 0.233 e. The maximum atomic E-state index is 12.7. The summed E-state index contributed by atoms with van der Waals surface area (Å²) in [5.74, 6) is 0.432. The molecule has 0 bridgehead atoms. The fraction of sp³-hybridized carbons (Fsp3) is 0.333. The standard InChI is InChI=1S/C21H23ClN6OS/c1-16-5-7-19(8-6-16)28-21(23-24-25-28)30-15-20(29)27-11-9-26(10-12-27)14-17-3-2-4-18(22)13-17/h2-8,13H,9-12,14-15H2,1H3. The van der Waals surface area contributed by atoms with E-state index in [1.165, 1.54) is 22.9 Å². The molecule has 1 aliphatic heterocycles. The zero-order valence-electron chi connectivity index (χ0n) is 16.7. The van der Waals surface area contributed by atoms with Gasteiger partial charge >= 0.3 is 0 Å². The summed E-state index contributed by atoms with van der Waals surface area (Å²) in [6, 6.07) is 15.9. The minimum absolute atomic E-state index is 0.112. The molecule has 2 heterocycles. The highest BCUT2D eigenvalue weighted by Gasteiger charge is 2.22. The number of aromatic nitrogens is 4. The van der Waals surface area contributed by atoms with E-state index >= 15 is 0 Å². The minimum Gasteiger partial charge on any atom is -0.339 e. The summed E-state index contributed by atoms with van der Waals surface area (Å²) >= 11 is 7.44. The van der Waals surface area contributed by atoms with Crippen LogP contribution in [0.5, 0.6) is 0 Å². The van der Waals surface area contributed by atoms with Crippen molar-refractivity contribution in [3.63, 3.8) is 0 Å². The van der Waals surface area contributed by atoms with Crippen LogP contribution in [-0.2, 0) is 11.3 Å². The molecule has 0 spiro atoms. The Morgan fingerprint density at radius 3 is 2.60 bits per heavy atom. The average Bonchev–Trinajstić information content (AvgIpc) is 3.22. The number of hydrogen-bond donors (Lipinski definition) is 0. The van der Waals surface area contributed by atoms with Crippen LogP contribution < -0.4 is 0 Å². The number of aryl methyl sites for hydroxylation is 1. The van der Waals surface area contributed by atoms with Crippen LogP contribution in [0.15, 0.2) is 53.7 Å². The monoisotopic (exact) mass is 442 g/mol. The number of hydrogen-bond acceptors (Lipinski definition) is 6. The number of amides is 1. The second-order valence-electron chi connectivity index (χ2n) is 7.28. The number of carbonyl (C=O) groups is 1. The lowest BCUT2D eigenvalue weighted by Gasteiger charge is -2.34. The van der Waals surface area contributed by atoms with E-state index in [-0.39, 0.29) is 5.91 Å². The number of piperazine rings is 1. The Morgan fingerprint density at radius 1 is 1.10 bits per heavy atom. The van der Waals surface area contributed by atoms with Gasteiger partial charge in [0, 0.05) is 37.7 Å². The highest BCUT2D eigenvalue weighted by atomic mass is 35.5. The van der Waals surface area contributed by atoms with Crippen molar-refractivity contribution in [3.8, 4) is 5.69 Å². The van der Waals surface area contributed by atoms with Gasteiger partial charge in [0.2, 0.25) is 11.1 Å². The van der Waals surface area contributed by atoms with Gasteiger partial charge in [-0.3, -0.25) is 9.69 Å². The topological polar surface area (TPSA) is 67.2 Å². The third-order valence-corrected chi connectivity index (χ3v) is 6.20. The van der Waals surface area contributed by atoms with Crippen LogP contribution in [0.1, 0.15) is 11.1 Å². The quantitative estimate of drug-likeness (QED) is 0.546. The van der Waals surface area contributed by atoms with Gasteiger partial charge in [-0.2, -0.15) is 4.68 Å². The third-order valence-electron chi connectivity index (χ3n) is 5.06. The Hall–Kier alpha value is -2.42. The minimum atomic E-state index is 0.112. The van der Waals surface area contributed by atoms with Crippen molar-refractivity contribution in [2.45, 2.75) is 18.6 Å². The number of halogens is 1. The molecule has 9 heteroatoms. The first-order chi connectivity index (χ1) is 14.6. The number of carbonyl (C=O) groups excluding carboxylic acids is 1. The van der Waals surface area contributed by atoms with Gasteiger partial charge in [0.15, 0.2) is 0 Å². The molecule has 7 nitrogen and oxygen atoms in total. The largest absolute Gasteiger partial charge is 0.339 e. The zero-order chi connectivity index (χ0) is 20.9. The lowest BCUT2D eigenvalue weighted by molar-refractivity contribution is -0.130. The van der Waals surface area contributed by atoms with E-state index < -0.39 is 0 Å². The van der Waals surface area contributed by atoms with E-state index in [9.17, 15) is 4.79 Å². The fourth-order valence-electron chi connectivity index (χ4n) is 3.38. The van der Waals surface area contributed by atoms with Gasteiger partial charge in [0.25, 0.3) is 0 Å². The Labute approximate surface area is 185 Å². The molecule has 1 saturated heterocycles. The van der Waals surface area contributed by atoms with Gasteiger partial charge in [-0.15, -0.1) is 5.10 Å². The van der Waals surface area contributed by atoms with Gasteiger partial charge in [-0.1, -0.05) is 53.2 Å². The van der Waals surface area contributed by atoms with Crippen molar-refractivity contribution in [1.29, 1.82) is 0 Å². The van der Waals surface area contributed by atoms with Crippen LogP contribution in [-0.4, -0.2) is 67.8 Å². The molecule has 156 valence electrons. The van der Waals surface area contributed by atoms with E-state index in [4.69, 9.17) is 11.6 Å². The molecule has 30 heavy (non-hydrogen) atoms. The van der Waals surface area contributed by atoms with Crippen LogP contribution in [0.25, 0.3) is 5.69 Å². The van der Waals surface area contributed by atoms with Gasteiger partial charge in [0.05, 0.1) is 11.4 Å². The molecule has 4 rings (SSSR count). The molecule has 0 atom stereocenters. The Bertz CT molecular complexity index is 1000. The molecule has 1 aliphatic rings. The van der Waals surface area contributed by atoms with Crippen molar-refractivity contribution in [2.75, 3.05) is 31.9 Å². The van der Waals surface area contributed by atoms with Crippen molar-refractivity contribution < 1.29 is 4.79 Å². The summed E-state index contributed by atoms with van der Waals surface area (Å²) in [4.78, 5) is 17.0. The summed E-state index contributed by atoms with van der Waals surface area (Å²) in [6.45, 7) is 6.04. The molecular weight excluding hydrogens is 420 g/mol. The second kappa shape index (κ2) is 9.59. The number of thioether (sulfide) groups is 1. The van der Waals surface area contributed by atoms with Gasteiger partial charge < -0.3 is 4.90 Å². The predicted octanol–water partition coefficient (Wildman–Crippen LogP) is 3.06. The summed E-state index contributed by atoms with van der Waals surface area (Å²) < 4.78 is 1.67. The maximum absolute atomic E-state index is 12.7. The van der Waals surface area contributed by atoms with Crippen molar-refractivity contribution in [2.24, 2.45) is 0 Å². The van der Waals surface area contributed by atoms with Gasteiger partial charge in [0.1, 0.15) is 0 Å². The normalized spacial score (nSPS) is 14.8. The first-order valence-electron chi connectivity index (χ1n) is 9.81. The number of nitrogens with zero attached hydrogens (tertiary/aromatic N) is 6. The van der Waals surface area contributed by atoms with Crippen LogP contribution in [0.3, 0.4) is 0 Å². The summed E-state index contributed by atoms with van der Waals surface area (Å²) in [7, 11) is 0. The number of rotatable bonds is 6. The van der Waals surface area contributed by atoms with Crippen LogP contribution in [0.2, 0.25) is 5.02 Å². The van der Waals surface area contributed by atoms with Crippen molar-refractivity contribution >= 4 is 29.3 Å². The van der Waals surface area contributed by atoms with E-state index in [1.54, 1.807) is 4.68 Å². The Balaban J connectivity index is 1.28. The highest BCUT2D eigenvalue weighted by molar-refractivity contribution is 7.99. The fourth-order valence-corrected chi connectivity index (χ4v) is 4.39. The molecule has 1 amide bonds. The number of benzene rings is 2.